The highest BCUT2D eigenvalue weighted by molar-refractivity contribution is 7.13. The van der Waals surface area contributed by atoms with Gasteiger partial charge in [0.25, 0.3) is 0 Å². The fourth-order valence-electron chi connectivity index (χ4n) is 3.00. The van der Waals surface area contributed by atoms with Gasteiger partial charge in [-0.05, 0) is 31.2 Å². The van der Waals surface area contributed by atoms with Crippen LogP contribution >= 0.6 is 11.3 Å². The molecule has 0 unspecified atom stereocenters. The van der Waals surface area contributed by atoms with Crippen LogP contribution in [0.3, 0.4) is 0 Å². The van der Waals surface area contributed by atoms with Gasteiger partial charge in [0.15, 0.2) is 5.13 Å². The largest absolute Gasteiger partial charge is 0.356 e. The molecule has 2 aromatic rings. The zero-order valence-corrected chi connectivity index (χ0v) is 14.1. The molecule has 1 aromatic carbocycles. The molecule has 23 heavy (non-hydrogen) atoms. The van der Waals surface area contributed by atoms with Gasteiger partial charge < -0.3 is 10.2 Å². The van der Waals surface area contributed by atoms with Crippen molar-refractivity contribution in [2.75, 3.05) is 24.5 Å². The lowest BCUT2D eigenvalue weighted by molar-refractivity contribution is -0.125. The average Bonchev–Trinajstić information content (AvgIpc) is 3.14. The summed E-state index contributed by atoms with van der Waals surface area (Å²) in [4.78, 5) is 18.9. The molecular weight excluding hydrogens is 306 g/mol. The molecule has 0 saturated carbocycles. The fraction of sp³-hybridized carbons (Fsp3) is 0.444. The van der Waals surface area contributed by atoms with Crippen LogP contribution in [-0.2, 0) is 11.2 Å². The highest BCUT2D eigenvalue weighted by Gasteiger charge is 2.25. The Morgan fingerprint density at radius 2 is 2.04 bits per heavy atom. The van der Waals surface area contributed by atoms with Crippen molar-refractivity contribution in [1.29, 1.82) is 0 Å². The molecule has 122 valence electrons. The summed E-state index contributed by atoms with van der Waals surface area (Å²) < 4.78 is 0. The van der Waals surface area contributed by atoms with Crippen LogP contribution in [0, 0.1) is 5.92 Å². The van der Waals surface area contributed by atoms with E-state index in [1.807, 2.05) is 17.6 Å². The quantitative estimate of drug-likeness (QED) is 0.828. The Labute approximate surface area is 141 Å². The Balaban J connectivity index is 1.35. The number of carbonyl (C=O) groups is 1. The van der Waals surface area contributed by atoms with Gasteiger partial charge in [0.2, 0.25) is 5.91 Å². The maximum absolute atomic E-state index is 12.3. The molecule has 2 heterocycles. The SMILES string of the molecule is O=C(NCCCc1ccccc1)C1CCN(c2nccs2)CC1. The van der Waals surface area contributed by atoms with Gasteiger partial charge in [-0.15, -0.1) is 11.3 Å². The number of nitrogens with one attached hydrogen (secondary N) is 1. The van der Waals surface area contributed by atoms with Crippen LogP contribution < -0.4 is 10.2 Å². The van der Waals surface area contributed by atoms with E-state index in [1.165, 1.54) is 5.56 Å². The first kappa shape index (κ1) is 16.0. The zero-order valence-electron chi connectivity index (χ0n) is 13.3. The van der Waals surface area contributed by atoms with Crippen LogP contribution in [0.15, 0.2) is 41.9 Å². The van der Waals surface area contributed by atoms with Crippen LogP contribution in [0.4, 0.5) is 5.13 Å². The number of rotatable bonds is 6. The molecule has 1 saturated heterocycles. The van der Waals surface area contributed by atoms with Crippen molar-refractivity contribution in [1.82, 2.24) is 10.3 Å². The van der Waals surface area contributed by atoms with Crippen molar-refractivity contribution >= 4 is 22.4 Å². The Morgan fingerprint density at radius 3 is 2.74 bits per heavy atom. The van der Waals surface area contributed by atoms with Gasteiger partial charge in [-0.2, -0.15) is 0 Å². The molecular formula is C18H23N3OS. The topological polar surface area (TPSA) is 45.2 Å². The summed E-state index contributed by atoms with van der Waals surface area (Å²) in [6, 6.07) is 10.4. The van der Waals surface area contributed by atoms with Crippen molar-refractivity contribution < 1.29 is 4.79 Å². The maximum Gasteiger partial charge on any atom is 0.223 e. The van der Waals surface area contributed by atoms with Crippen molar-refractivity contribution in [2.24, 2.45) is 5.92 Å². The van der Waals surface area contributed by atoms with Gasteiger partial charge in [-0.25, -0.2) is 4.98 Å². The number of aromatic nitrogens is 1. The van der Waals surface area contributed by atoms with Gasteiger partial charge in [0, 0.05) is 37.1 Å². The van der Waals surface area contributed by atoms with Crippen molar-refractivity contribution in [3.05, 3.63) is 47.5 Å². The second kappa shape index (κ2) is 8.11. The summed E-state index contributed by atoms with van der Waals surface area (Å²) in [5.41, 5.74) is 1.33. The standard InChI is InChI=1S/C18H23N3OS/c22-17(19-10-4-7-15-5-2-1-3-6-15)16-8-12-21(13-9-16)18-20-11-14-23-18/h1-3,5-6,11,14,16H,4,7-10,12-13H2,(H,19,22). The molecule has 0 bridgehead atoms. The minimum absolute atomic E-state index is 0.155. The Kier molecular flexibility index (Phi) is 5.64. The molecule has 1 aliphatic heterocycles. The van der Waals surface area contributed by atoms with Gasteiger partial charge >= 0.3 is 0 Å². The van der Waals surface area contributed by atoms with Crippen LogP contribution in [0.25, 0.3) is 0 Å². The predicted molar refractivity (Wildman–Crippen MR) is 94.8 cm³/mol. The number of carbonyl (C=O) groups excluding carboxylic acids is 1. The first-order chi connectivity index (χ1) is 11.3. The van der Waals surface area contributed by atoms with Crippen molar-refractivity contribution in [3.63, 3.8) is 0 Å². The maximum atomic E-state index is 12.3. The van der Waals surface area contributed by atoms with E-state index in [4.69, 9.17) is 0 Å². The molecule has 0 atom stereocenters. The number of anilines is 1. The molecule has 3 rings (SSSR count). The fourth-order valence-corrected chi connectivity index (χ4v) is 3.69. The van der Waals surface area contributed by atoms with E-state index in [-0.39, 0.29) is 11.8 Å². The van der Waals surface area contributed by atoms with E-state index in [0.717, 1.165) is 50.4 Å². The first-order valence-corrected chi connectivity index (χ1v) is 9.17. The van der Waals surface area contributed by atoms with E-state index >= 15 is 0 Å². The summed E-state index contributed by atoms with van der Waals surface area (Å²) in [7, 11) is 0. The average molecular weight is 329 g/mol. The predicted octanol–water partition coefficient (Wildman–Crippen LogP) is 3.11. The van der Waals surface area contributed by atoms with E-state index < -0.39 is 0 Å². The lowest BCUT2D eigenvalue weighted by Gasteiger charge is -2.31. The molecule has 5 heteroatoms. The number of amides is 1. The van der Waals surface area contributed by atoms with E-state index in [1.54, 1.807) is 11.3 Å². The Morgan fingerprint density at radius 1 is 1.26 bits per heavy atom. The molecule has 1 aliphatic rings. The molecule has 0 spiro atoms. The van der Waals surface area contributed by atoms with Crippen molar-refractivity contribution in [3.8, 4) is 0 Å². The van der Waals surface area contributed by atoms with Gasteiger partial charge in [-0.1, -0.05) is 30.3 Å². The number of hydrogen-bond acceptors (Lipinski definition) is 4. The van der Waals surface area contributed by atoms with Crippen LogP contribution in [0.1, 0.15) is 24.8 Å². The third-order valence-corrected chi connectivity index (χ3v) is 5.17. The normalized spacial score (nSPS) is 15.6. The third kappa shape index (κ3) is 4.55. The van der Waals surface area contributed by atoms with Gasteiger partial charge in [0.1, 0.15) is 0 Å². The highest BCUT2D eigenvalue weighted by atomic mass is 32.1. The van der Waals surface area contributed by atoms with Crippen LogP contribution in [0.5, 0.6) is 0 Å². The van der Waals surface area contributed by atoms with E-state index in [9.17, 15) is 4.79 Å². The zero-order chi connectivity index (χ0) is 15.9. The minimum Gasteiger partial charge on any atom is -0.356 e. The number of hydrogen-bond donors (Lipinski definition) is 1. The third-order valence-electron chi connectivity index (χ3n) is 4.34. The molecule has 0 radical (unpaired) electrons. The number of benzene rings is 1. The van der Waals surface area contributed by atoms with Crippen LogP contribution in [-0.4, -0.2) is 30.5 Å². The molecule has 1 N–H and O–H groups in total. The second-order valence-electron chi connectivity index (χ2n) is 5.96. The lowest BCUT2D eigenvalue weighted by atomic mass is 9.96. The van der Waals surface area contributed by atoms with E-state index in [2.05, 4.69) is 39.5 Å². The smallest absolute Gasteiger partial charge is 0.223 e. The summed E-state index contributed by atoms with van der Waals surface area (Å²) in [5.74, 6) is 0.375. The highest BCUT2D eigenvalue weighted by Crippen LogP contribution is 2.24. The van der Waals surface area contributed by atoms with E-state index in [0.29, 0.717) is 0 Å². The first-order valence-electron chi connectivity index (χ1n) is 8.29. The van der Waals surface area contributed by atoms with Gasteiger partial charge in [-0.3, -0.25) is 4.79 Å². The van der Waals surface area contributed by atoms with Crippen LogP contribution in [0.2, 0.25) is 0 Å². The molecule has 1 aromatic heterocycles. The minimum atomic E-state index is 0.155. The number of thiazole rings is 1. The molecule has 1 fully saturated rings. The second-order valence-corrected chi connectivity index (χ2v) is 6.83. The summed E-state index contributed by atoms with van der Waals surface area (Å²) >= 11 is 1.67. The Hall–Kier alpha value is -1.88. The monoisotopic (exact) mass is 329 g/mol. The number of nitrogens with zero attached hydrogens (tertiary/aromatic N) is 2. The molecule has 1 amide bonds. The summed E-state index contributed by atoms with van der Waals surface area (Å²) in [5, 5.41) is 6.18. The molecule has 0 aliphatic carbocycles. The number of aryl methyl sites for hydroxylation is 1. The summed E-state index contributed by atoms with van der Waals surface area (Å²) in [6.07, 6.45) is 5.69. The lowest BCUT2D eigenvalue weighted by Crippen LogP contribution is -2.40. The Bertz CT molecular complexity index is 592. The van der Waals surface area contributed by atoms with Gasteiger partial charge in [0.05, 0.1) is 0 Å². The number of piperidine rings is 1. The molecule has 4 nitrogen and oxygen atoms in total. The summed E-state index contributed by atoms with van der Waals surface area (Å²) in [6.45, 7) is 2.62. The van der Waals surface area contributed by atoms with Crippen molar-refractivity contribution in [2.45, 2.75) is 25.7 Å².